The predicted octanol–water partition coefficient (Wildman–Crippen LogP) is 4.27. The minimum absolute atomic E-state index is 0.0454. The largest absolute Gasteiger partial charge is 0.493 e. The Morgan fingerprint density at radius 3 is 2.57 bits per heavy atom. The molecule has 0 N–H and O–H groups in total. The van der Waals surface area contributed by atoms with Crippen LogP contribution in [0.2, 0.25) is 0 Å². The van der Waals surface area contributed by atoms with Gasteiger partial charge < -0.3 is 4.74 Å². The molecule has 4 heteroatoms. The molecule has 0 spiro atoms. The Morgan fingerprint density at radius 1 is 1.33 bits per heavy atom. The molecule has 2 atom stereocenters. The second-order valence-corrected chi connectivity index (χ2v) is 9.25. The molecule has 2 nitrogen and oxygen atoms in total. The summed E-state index contributed by atoms with van der Waals surface area (Å²) >= 11 is 0. The third-order valence-electron chi connectivity index (χ3n) is 3.73. The SMILES string of the molecule is C[C@H](C[S@@](=O)C(C)(C)C)c1cc(F)cc(OCC2CC2)c1. The van der Waals surface area contributed by atoms with Gasteiger partial charge in [-0.15, -0.1) is 0 Å². The van der Waals surface area contributed by atoms with Gasteiger partial charge in [-0.05, 0) is 63.1 Å². The van der Waals surface area contributed by atoms with Gasteiger partial charge in [0.1, 0.15) is 11.6 Å². The highest BCUT2D eigenvalue weighted by Gasteiger charge is 2.24. The standard InChI is InChI=1S/C17H25FO2S/c1-12(11-21(19)17(2,3)4)14-7-15(18)9-16(8-14)20-10-13-5-6-13/h7-9,12-13H,5-6,10-11H2,1-4H3/t12-,21-/m1/s1. The van der Waals surface area contributed by atoms with Crippen LogP contribution < -0.4 is 4.74 Å². The Bertz CT molecular complexity index is 518. The van der Waals surface area contributed by atoms with Crippen molar-refractivity contribution in [2.75, 3.05) is 12.4 Å². The fourth-order valence-corrected chi connectivity index (χ4v) is 3.17. The van der Waals surface area contributed by atoms with E-state index in [-0.39, 0.29) is 16.5 Å². The van der Waals surface area contributed by atoms with Crippen molar-refractivity contribution in [2.45, 2.75) is 51.2 Å². The van der Waals surface area contributed by atoms with Crippen LogP contribution in [0.15, 0.2) is 18.2 Å². The van der Waals surface area contributed by atoms with E-state index in [2.05, 4.69) is 0 Å². The number of hydrogen-bond acceptors (Lipinski definition) is 2. The van der Waals surface area contributed by atoms with Gasteiger partial charge >= 0.3 is 0 Å². The number of benzene rings is 1. The first-order valence-electron chi connectivity index (χ1n) is 7.57. The maximum Gasteiger partial charge on any atom is 0.127 e. The van der Waals surface area contributed by atoms with Crippen molar-refractivity contribution in [1.82, 2.24) is 0 Å². The average Bonchev–Trinajstić information content (AvgIpc) is 3.18. The molecule has 0 aromatic heterocycles. The summed E-state index contributed by atoms with van der Waals surface area (Å²) in [6, 6.07) is 4.84. The van der Waals surface area contributed by atoms with Crippen molar-refractivity contribution < 1.29 is 13.3 Å². The molecule has 118 valence electrons. The lowest BCUT2D eigenvalue weighted by Crippen LogP contribution is -2.26. The van der Waals surface area contributed by atoms with Gasteiger partial charge in [0.2, 0.25) is 0 Å². The molecule has 1 fully saturated rings. The van der Waals surface area contributed by atoms with Crippen molar-refractivity contribution in [3.63, 3.8) is 0 Å². The van der Waals surface area contributed by atoms with Gasteiger partial charge in [-0.1, -0.05) is 6.92 Å². The van der Waals surface area contributed by atoms with Crippen LogP contribution in [0, 0.1) is 11.7 Å². The van der Waals surface area contributed by atoms with Crippen molar-refractivity contribution in [1.29, 1.82) is 0 Å². The van der Waals surface area contributed by atoms with Gasteiger partial charge in [-0.25, -0.2) is 4.39 Å². The summed E-state index contributed by atoms with van der Waals surface area (Å²) in [7, 11) is -0.945. The van der Waals surface area contributed by atoms with E-state index in [1.807, 2.05) is 33.8 Å². The van der Waals surface area contributed by atoms with E-state index in [0.717, 1.165) is 5.56 Å². The first-order valence-corrected chi connectivity index (χ1v) is 8.89. The number of halogens is 1. The normalized spacial score (nSPS) is 18.3. The molecule has 2 rings (SSSR count). The van der Waals surface area contributed by atoms with Crippen molar-refractivity contribution in [3.05, 3.63) is 29.6 Å². The maximum absolute atomic E-state index is 13.7. The van der Waals surface area contributed by atoms with Crippen molar-refractivity contribution in [2.24, 2.45) is 5.92 Å². The lowest BCUT2D eigenvalue weighted by molar-refractivity contribution is 0.298. The molecule has 1 aromatic carbocycles. The molecular weight excluding hydrogens is 287 g/mol. The number of hydrogen-bond donors (Lipinski definition) is 0. The first-order chi connectivity index (χ1) is 9.75. The van der Waals surface area contributed by atoms with Crippen LogP contribution in [0.5, 0.6) is 5.75 Å². The Kier molecular flexibility index (Phi) is 5.07. The molecule has 1 saturated carbocycles. The zero-order valence-electron chi connectivity index (χ0n) is 13.3. The van der Waals surface area contributed by atoms with Gasteiger partial charge in [0, 0.05) is 27.4 Å². The molecule has 0 heterocycles. The fourth-order valence-electron chi connectivity index (χ4n) is 2.02. The Balaban J connectivity index is 2.05. The number of ether oxygens (including phenoxy) is 1. The van der Waals surface area contributed by atoms with E-state index in [1.54, 1.807) is 0 Å². The summed E-state index contributed by atoms with van der Waals surface area (Å²) in [5, 5.41) is 0. The topological polar surface area (TPSA) is 26.3 Å². The van der Waals surface area contributed by atoms with Crippen LogP contribution in [0.4, 0.5) is 4.39 Å². The van der Waals surface area contributed by atoms with E-state index in [0.29, 0.717) is 24.0 Å². The molecular formula is C17H25FO2S. The smallest absolute Gasteiger partial charge is 0.127 e. The average molecular weight is 312 g/mol. The minimum Gasteiger partial charge on any atom is -0.493 e. The van der Waals surface area contributed by atoms with Gasteiger partial charge in [0.15, 0.2) is 0 Å². The van der Waals surface area contributed by atoms with Crippen LogP contribution in [-0.2, 0) is 10.8 Å². The monoisotopic (exact) mass is 312 g/mol. The van der Waals surface area contributed by atoms with Crippen LogP contribution in [0.1, 0.15) is 52.0 Å². The lowest BCUT2D eigenvalue weighted by atomic mass is 10.0. The Hall–Kier alpha value is -0.900. The molecule has 0 saturated heterocycles. The minimum atomic E-state index is -0.945. The summed E-state index contributed by atoms with van der Waals surface area (Å²) < 4.78 is 31.4. The van der Waals surface area contributed by atoms with Crippen LogP contribution >= 0.6 is 0 Å². The maximum atomic E-state index is 13.7. The summed E-state index contributed by atoms with van der Waals surface area (Å²) in [6.07, 6.45) is 2.42. The second-order valence-electron chi connectivity index (χ2n) is 7.00. The van der Waals surface area contributed by atoms with Gasteiger partial charge in [0.25, 0.3) is 0 Å². The zero-order valence-corrected chi connectivity index (χ0v) is 14.1. The molecule has 0 amide bonds. The molecule has 0 radical (unpaired) electrons. The Morgan fingerprint density at radius 2 is 2.00 bits per heavy atom. The second kappa shape index (κ2) is 6.47. The van der Waals surface area contributed by atoms with E-state index >= 15 is 0 Å². The molecule has 0 aliphatic heterocycles. The number of rotatable bonds is 6. The van der Waals surface area contributed by atoms with Crippen molar-refractivity contribution >= 4 is 10.8 Å². The van der Waals surface area contributed by atoms with Crippen LogP contribution in [0.25, 0.3) is 0 Å². The van der Waals surface area contributed by atoms with Crippen LogP contribution in [-0.4, -0.2) is 21.3 Å². The summed E-state index contributed by atoms with van der Waals surface area (Å²) in [6.45, 7) is 8.55. The van der Waals surface area contributed by atoms with Gasteiger partial charge in [-0.3, -0.25) is 4.21 Å². The lowest BCUT2D eigenvalue weighted by Gasteiger charge is -2.21. The highest BCUT2D eigenvalue weighted by Crippen LogP contribution is 2.31. The van der Waals surface area contributed by atoms with E-state index in [9.17, 15) is 8.60 Å². The third-order valence-corrected chi connectivity index (χ3v) is 5.90. The molecule has 1 aromatic rings. The summed E-state index contributed by atoms with van der Waals surface area (Å²) in [4.78, 5) is 0. The van der Waals surface area contributed by atoms with E-state index in [4.69, 9.17) is 4.74 Å². The third kappa shape index (κ3) is 5.10. The van der Waals surface area contributed by atoms with Crippen LogP contribution in [0.3, 0.4) is 0 Å². The zero-order chi connectivity index (χ0) is 15.6. The highest BCUT2D eigenvalue weighted by molar-refractivity contribution is 7.86. The van der Waals surface area contributed by atoms with Gasteiger partial charge in [0.05, 0.1) is 6.61 Å². The molecule has 21 heavy (non-hydrogen) atoms. The highest BCUT2D eigenvalue weighted by atomic mass is 32.2. The quantitative estimate of drug-likeness (QED) is 0.784. The molecule has 1 aliphatic carbocycles. The summed E-state index contributed by atoms with van der Waals surface area (Å²) in [5.74, 6) is 1.53. The molecule has 1 aliphatic rings. The Labute approximate surface area is 129 Å². The van der Waals surface area contributed by atoms with Crippen molar-refractivity contribution in [3.8, 4) is 5.75 Å². The van der Waals surface area contributed by atoms with Gasteiger partial charge in [-0.2, -0.15) is 0 Å². The predicted molar refractivity (Wildman–Crippen MR) is 85.8 cm³/mol. The molecule has 0 unspecified atom stereocenters. The fraction of sp³-hybridized carbons (Fsp3) is 0.647. The summed E-state index contributed by atoms with van der Waals surface area (Å²) in [5.41, 5.74) is 0.860. The van der Waals surface area contributed by atoms with E-state index in [1.165, 1.54) is 25.0 Å². The molecule has 0 bridgehead atoms. The first kappa shape index (κ1) is 16.5. The van der Waals surface area contributed by atoms with E-state index < -0.39 is 10.8 Å².